The van der Waals surface area contributed by atoms with E-state index in [9.17, 15) is 0 Å². The van der Waals surface area contributed by atoms with Crippen LogP contribution in [0.5, 0.6) is 0 Å². The van der Waals surface area contributed by atoms with Crippen LogP contribution < -0.4 is 0 Å². The molecule has 146 valence electrons. The highest BCUT2D eigenvalue weighted by molar-refractivity contribution is 7.71. The molecule has 0 aliphatic carbocycles. The molecule has 0 bridgehead atoms. The van der Waals surface area contributed by atoms with Crippen molar-refractivity contribution in [1.29, 1.82) is 0 Å². The average Bonchev–Trinajstić information content (AvgIpc) is 3.28. The SMILES string of the molecule is CC1CN(Cn2nc(CN3CCCC3)n(-c3ccccc3)c2=S)C(C)CO1. The Bertz CT molecular complexity index is 812. The van der Waals surface area contributed by atoms with E-state index < -0.39 is 0 Å². The lowest BCUT2D eigenvalue weighted by Crippen LogP contribution is -2.47. The van der Waals surface area contributed by atoms with Gasteiger partial charge < -0.3 is 4.74 Å². The van der Waals surface area contributed by atoms with Crippen molar-refractivity contribution in [2.75, 3.05) is 26.2 Å². The number of benzene rings is 1. The number of ether oxygens (including phenoxy) is 1. The molecule has 2 fully saturated rings. The molecular formula is C20H29N5OS. The van der Waals surface area contributed by atoms with Gasteiger partial charge in [-0.05, 0) is 64.1 Å². The van der Waals surface area contributed by atoms with E-state index in [0.717, 1.165) is 49.1 Å². The highest BCUT2D eigenvalue weighted by Gasteiger charge is 2.25. The van der Waals surface area contributed by atoms with Crippen LogP contribution in [0.1, 0.15) is 32.5 Å². The lowest BCUT2D eigenvalue weighted by Gasteiger charge is -2.36. The molecule has 2 atom stereocenters. The Morgan fingerprint density at radius 1 is 1.15 bits per heavy atom. The highest BCUT2D eigenvalue weighted by atomic mass is 32.1. The number of rotatable bonds is 5. The van der Waals surface area contributed by atoms with Gasteiger partial charge in [-0.3, -0.25) is 14.4 Å². The minimum atomic E-state index is 0.246. The molecule has 2 unspecified atom stereocenters. The van der Waals surface area contributed by atoms with Crippen LogP contribution in [0.2, 0.25) is 0 Å². The zero-order chi connectivity index (χ0) is 18.8. The number of nitrogens with zero attached hydrogens (tertiary/aromatic N) is 5. The molecule has 4 rings (SSSR count). The number of morpholine rings is 1. The third-order valence-corrected chi connectivity index (χ3v) is 5.93. The van der Waals surface area contributed by atoms with Gasteiger partial charge in [0, 0.05) is 18.3 Å². The van der Waals surface area contributed by atoms with Crippen molar-refractivity contribution in [3.63, 3.8) is 0 Å². The fourth-order valence-corrected chi connectivity index (χ4v) is 4.27. The van der Waals surface area contributed by atoms with E-state index in [1.165, 1.54) is 12.8 Å². The first-order valence-corrected chi connectivity index (χ1v) is 10.3. The van der Waals surface area contributed by atoms with E-state index >= 15 is 0 Å². The summed E-state index contributed by atoms with van der Waals surface area (Å²) >= 11 is 5.86. The molecule has 6 nitrogen and oxygen atoms in total. The van der Waals surface area contributed by atoms with Crippen LogP contribution in [-0.2, 0) is 18.0 Å². The zero-order valence-corrected chi connectivity index (χ0v) is 17.1. The predicted molar refractivity (Wildman–Crippen MR) is 108 cm³/mol. The molecule has 2 aliphatic rings. The van der Waals surface area contributed by atoms with Crippen molar-refractivity contribution >= 4 is 12.2 Å². The van der Waals surface area contributed by atoms with Crippen LogP contribution in [0.4, 0.5) is 0 Å². The van der Waals surface area contributed by atoms with E-state index in [4.69, 9.17) is 22.1 Å². The van der Waals surface area contributed by atoms with Crippen LogP contribution >= 0.6 is 12.2 Å². The Labute approximate surface area is 166 Å². The summed E-state index contributed by atoms with van der Waals surface area (Å²) in [7, 11) is 0. The third kappa shape index (κ3) is 4.16. The van der Waals surface area contributed by atoms with Gasteiger partial charge >= 0.3 is 0 Å². The molecule has 1 aromatic carbocycles. The van der Waals surface area contributed by atoms with Crippen LogP contribution in [0.15, 0.2) is 30.3 Å². The monoisotopic (exact) mass is 387 g/mol. The number of hydrogen-bond donors (Lipinski definition) is 0. The molecule has 0 radical (unpaired) electrons. The lowest BCUT2D eigenvalue weighted by molar-refractivity contribution is -0.0625. The number of likely N-dealkylation sites (tertiary alicyclic amines) is 1. The standard InChI is InChI=1S/C20H29N5OS/c1-16-14-26-17(2)12-23(16)15-24-20(27)25(18-8-4-3-5-9-18)19(21-24)13-22-10-6-7-11-22/h3-5,8-9,16-17H,6-7,10-15H2,1-2H3. The summed E-state index contributed by atoms with van der Waals surface area (Å²) in [6, 6.07) is 10.7. The van der Waals surface area contributed by atoms with E-state index in [1.54, 1.807) is 0 Å². The van der Waals surface area contributed by atoms with Gasteiger partial charge in [-0.2, -0.15) is 5.10 Å². The number of aromatic nitrogens is 3. The third-order valence-electron chi connectivity index (χ3n) is 5.54. The molecule has 0 spiro atoms. The maximum Gasteiger partial charge on any atom is 0.203 e. The van der Waals surface area contributed by atoms with Crippen molar-refractivity contribution in [3.8, 4) is 5.69 Å². The first-order chi connectivity index (χ1) is 13.1. The van der Waals surface area contributed by atoms with E-state index in [1.807, 2.05) is 10.7 Å². The normalized spacial score (nSPS) is 24.5. The van der Waals surface area contributed by atoms with Gasteiger partial charge in [0.2, 0.25) is 4.77 Å². The predicted octanol–water partition coefficient (Wildman–Crippen LogP) is 3.07. The summed E-state index contributed by atoms with van der Waals surface area (Å²) in [6.07, 6.45) is 2.79. The summed E-state index contributed by atoms with van der Waals surface area (Å²) in [4.78, 5) is 4.88. The summed E-state index contributed by atoms with van der Waals surface area (Å²) in [6.45, 7) is 9.84. The van der Waals surface area contributed by atoms with E-state index in [-0.39, 0.29) is 6.10 Å². The second kappa shape index (κ2) is 8.22. The summed E-state index contributed by atoms with van der Waals surface area (Å²) in [5.74, 6) is 1.03. The summed E-state index contributed by atoms with van der Waals surface area (Å²) in [5, 5.41) is 4.95. The Morgan fingerprint density at radius 3 is 2.63 bits per heavy atom. The molecule has 3 heterocycles. The van der Waals surface area contributed by atoms with Crippen LogP contribution in [0.25, 0.3) is 5.69 Å². The van der Waals surface area contributed by atoms with Crippen LogP contribution in [0.3, 0.4) is 0 Å². The quantitative estimate of drug-likeness (QED) is 0.737. The van der Waals surface area contributed by atoms with Crippen molar-refractivity contribution in [2.45, 2.75) is 52.0 Å². The highest BCUT2D eigenvalue weighted by Crippen LogP contribution is 2.18. The number of hydrogen-bond acceptors (Lipinski definition) is 5. The molecule has 2 aromatic rings. The van der Waals surface area contributed by atoms with Gasteiger partial charge in [0.25, 0.3) is 0 Å². The molecule has 1 aromatic heterocycles. The fourth-order valence-electron chi connectivity index (χ4n) is 3.97. The molecule has 2 saturated heterocycles. The molecule has 27 heavy (non-hydrogen) atoms. The maximum atomic E-state index is 5.86. The van der Waals surface area contributed by atoms with Crippen molar-refractivity contribution in [3.05, 3.63) is 40.9 Å². The molecule has 2 aliphatic heterocycles. The second-order valence-corrected chi connectivity index (χ2v) is 8.12. The van der Waals surface area contributed by atoms with Gasteiger partial charge in [0.15, 0.2) is 5.82 Å². The van der Waals surface area contributed by atoms with Crippen molar-refractivity contribution in [2.24, 2.45) is 0 Å². The largest absolute Gasteiger partial charge is 0.376 e. The number of para-hydroxylation sites is 1. The minimum absolute atomic E-state index is 0.246. The Kier molecular flexibility index (Phi) is 5.73. The zero-order valence-electron chi connectivity index (χ0n) is 16.3. The Morgan fingerprint density at radius 2 is 1.89 bits per heavy atom. The van der Waals surface area contributed by atoms with Crippen molar-refractivity contribution < 1.29 is 4.74 Å². The second-order valence-electron chi connectivity index (χ2n) is 7.76. The van der Waals surface area contributed by atoms with Crippen molar-refractivity contribution in [1.82, 2.24) is 24.1 Å². The van der Waals surface area contributed by atoms with Crippen LogP contribution in [-0.4, -0.2) is 62.5 Å². The van der Waals surface area contributed by atoms with Gasteiger partial charge in [-0.25, -0.2) is 4.68 Å². The lowest BCUT2D eigenvalue weighted by atomic mass is 10.2. The van der Waals surface area contributed by atoms with E-state index in [2.05, 4.69) is 52.5 Å². The topological polar surface area (TPSA) is 38.5 Å². The van der Waals surface area contributed by atoms with Gasteiger partial charge in [-0.1, -0.05) is 18.2 Å². The maximum absolute atomic E-state index is 5.86. The molecule has 0 N–H and O–H groups in total. The fraction of sp³-hybridized carbons (Fsp3) is 0.600. The van der Waals surface area contributed by atoms with Gasteiger partial charge in [0.05, 0.1) is 25.9 Å². The molecule has 7 heteroatoms. The van der Waals surface area contributed by atoms with Gasteiger partial charge in [0.1, 0.15) is 0 Å². The first kappa shape index (κ1) is 18.8. The molecule has 0 saturated carbocycles. The molecule has 0 amide bonds. The van der Waals surface area contributed by atoms with E-state index in [0.29, 0.717) is 12.7 Å². The minimum Gasteiger partial charge on any atom is -0.376 e. The Balaban J connectivity index is 1.65. The summed E-state index contributed by atoms with van der Waals surface area (Å²) in [5.41, 5.74) is 1.09. The average molecular weight is 388 g/mol. The Hall–Kier alpha value is -1.54. The summed E-state index contributed by atoms with van der Waals surface area (Å²) < 4.78 is 10.7. The molecular weight excluding hydrogens is 358 g/mol. The van der Waals surface area contributed by atoms with Crippen LogP contribution in [0, 0.1) is 4.77 Å². The first-order valence-electron chi connectivity index (χ1n) is 9.94. The smallest absolute Gasteiger partial charge is 0.203 e. The van der Waals surface area contributed by atoms with Gasteiger partial charge in [-0.15, -0.1) is 0 Å².